The second-order valence-corrected chi connectivity index (χ2v) is 3.30. The van der Waals surface area contributed by atoms with Gasteiger partial charge in [0.1, 0.15) is 0 Å². The van der Waals surface area contributed by atoms with Crippen molar-refractivity contribution >= 4 is 11.7 Å². The summed E-state index contributed by atoms with van der Waals surface area (Å²) in [5, 5.41) is 3.16. The van der Waals surface area contributed by atoms with Gasteiger partial charge in [-0.1, -0.05) is 19.1 Å². The van der Waals surface area contributed by atoms with Gasteiger partial charge in [-0.15, -0.1) is 0 Å². The van der Waals surface area contributed by atoms with Crippen LogP contribution in [0.2, 0.25) is 0 Å². The van der Waals surface area contributed by atoms with Crippen LogP contribution in [0.3, 0.4) is 0 Å². The second-order valence-electron chi connectivity index (χ2n) is 3.30. The molecule has 0 bridgehead atoms. The molecule has 0 radical (unpaired) electrons. The van der Waals surface area contributed by atoms with Crippen molar-refractivity contribution in [2.24, 2.45) is 0 Å². The van der Waals surface area contributed by atoms with Crippen molar-refractivity contribution < 1.29 is 9.53 Å². The predicted molar refractivity (Wildman–Crippen MR) is 60.9 cm³/mol. The lowest BCUT2D eigenvalue weighted by atomic mass is 10.1. The van der Waals surface area contributed by atoms with Crippen molar-refractivity contribution in [3.8, 4) is 0 Å². The van der Waals surface area contributed by atoms with Crippen LogP contribution in [0.25, 0.3) is 0 Å². The average molecular weight is 207 g/mol. The molecule has 0 amide bonds. The maximum Gasteiger partial charge on any atom is 0.307 e. The molecule has 0 spiro atoms. The fourth-order valence-corrected chi connectivity index (χ4v) is 1.27. The van der Waals surface area contributed by atoms with E-state index in [1.807, 2.05) is 12.1 Å². The van der Waals surface area contributed by atoms with Gasteiger partial charge in [0.15, 0.2) is 0 Å². The van der Waals surface area contributed by atoms with Crippen LogP contribution in [-0.2, 0) is 16.0 Å². The molecule has 0 saturated carbocycles. The number of benzene rings is 1. The number of carbonyl (C=O) groups is 1. The zero-order chi connectivity index (χ0) is 11.1. The maximum absolute atomic E-state index is 10.8. The molecule has 0 fully saturated rings. The molecule has 0 aliphatic rings. The highest BCUT2D eigenvalue weighted by Crippen LogP contribution is 2.09. The number of ether oxygens (including phenoxy) is 1. The van der Waals surface area contributed by atoms with E-state index in [4.69, 9.17) is 0 Å². The van der Waals surface area contributed by atoms with Gasteiger partial charge in [-0.25, -0.2) is 0 Å². The van der Waals surface area contributed by atoms with Crippen molar-refractivity contribution in [2.45, 2.75) is 19.8 Å². The molecule has 3 heteroatoms. The van der Waals surface area contributed by atoms with E-state index < -0.39 is 0 Å². The molecule has 82 valence electrons. The number of carbonyl (C=O) groups excluding carboxylic acids is 1. The predicted octanol–water partition coefficient (Wildman–Crippen LogP) is 2.22. The molecule has 0 heterocycles. The van der Waals surface area contributed by atoms with Crippen LogP contribution in [0.15, 0.2) is 24.3 Å². The molecule has 0 aliphatic heterocycles. The second kappa shape index (κ2) is 6.06. The van der Waals surface area contributed by atoms with E-state index in [1.165, 1.54) is 12.7 Å². The summed E-state index contributed by atoms with van der Waals surface area (Å²) in [4.78, 5) is 10.8. The molecule has 1 aromatic rings. The number of rotatable bonds is 5. The highest BCUT2D eigenvalue weighted by atomic mass is 16.5. The number of anilines is 1. The molecule has 15 heavy (non-hydrogen) atoms. The lowest BCUT2D eigenvalue weighted by molar-refractivity contribution is -0.140. The van der Waals surface area contributed by atoms with Gasteiger partial charge in [-0.2, -0.15) is 0 Å². The molecule has 1 N–H and O–H groups in total. The third-order valence-corrected chi connectivity index (χ3v) is 2.25. The van der Waals surface area contributed by atoms with Crippen molar-refractivity contribution in [1.29, 1.82) is 0 Å². The Bertz CT molecular complexity index is 306. The van der Waals surface area contributed by atoms with Gasteiger partial charge < -0.3 is 10.1 Å². The van der Waals surface area contributed by atoms with Crippen LogP contribution >= 0.6 is 0 Å². The Balaban J connectivity index is 2.34. The molecule has 0 aromatic heterocycles. The topological polar surface area (TPSA) is 38.3 Å². The van der Waals surface area contributed by atoms with Crippen LogP contribution in [-0.4, -0.2) is 19.6 Å². The van der Waals surface area contributed by atoms with E-state index in [9.17, 15) is 4.79 Å². The molecule has 0 unspecified atom stereocenters. The van der Waals surface area contributed by atoms with E-state index in [2.05, 4.69) is 29.1 Å². The highest BCUT2D eigenvalue weighted by molar-refractivity contribution is 5.69. The monoisotopic (exact) mass is 207 g/mol. The number of nitrogens with one attached hydrogen (secondary N) is 1. The molecular weight excluding hydrogens is 190 g/mol. The number of hydrogen-bond donors (Lipinski definition) is 1. The van der Waals surface area contributed by atoms with Crippen LogP contribution < -0.4 is 5.32 Å². The number of methoxy groups -OCH3 is 1. The normalized spacial score (nSPS) is 9.73. The number of aryl methyl sites for hydroxylation is 1. The van der Waals surface area contributed by atoms with Crippen LogP contribution in [0.4, 0.5) is 5.69 Å². The van der Waals surface area contributed by atoms with Crippen molar-refractivity contribution in [1.82, 2.24) is 0 Å². The van der Waals surface area contributed by atoms with Gasteiger partial charge in [0.25, 0.3) is 0 Å². The van der Waals surface area contributed by atoms with Crippen molar-refractivity contribution in [2.75, 3.05) is 19.0 Å². The minimum absolute atomic E-state index is 0.187. The third-order valence-electron chi connectivity index (χ3n) is 2.25. The van der Waals surface area contributed by atoms with Crippen molar-refractivity contribution in [3.63, 3.8) is 0 Å². The van der Waals surface area contributed by atoms with E-state index >= 15 is 0 Å². The van der Waals surface area contributed by atoms with E-state index in [0.29, 0.717) is 13.0 Å². The number of esters is 1. The molecule has 1 rings (SSSR count). The summed E-state index contributed by atoms with van der Waals surface area (Å²) < 4.78 is 4.55. The Hall–Kier alpha value is -1.51. The zero-order valence-corrected chi connectivity index (χ0v) is 9.25. The first-order valence-corrected chi connectivity index (χ1v) is 5.16. The minimum atomic E-state index is -0.187. The lowest BCUT2D eigenvalue weighted by Gasteiger charge is -2.05. The molecule has 3 nitrogen and oxygen atoms in total. The molecule has 0 aliphatic carbocycles. The molecule has 0 atom stereocenters. The van der Waals surface area contributed by atoms with Gasteiger partial charge in [-0.05, 0) is 24.1 Å². The molecule has 0 saturated heterocycles. The summed E-state index contributed by atoms with van der Waals surface area (Å²) >= 11 is 0. The average Bonchev–Trinajstić information content (AvgIpc) is 2.29. The van der Waals surface area contributed by atoms with Crippen LogP contribution in [0.1, 0.15) is 18.9 Å². The Labute approximate surface area is 90.4 Å². The maximum atomic E-state index is 10.8. The van der Waals surface area contributed by atoms with Crippen molar-refractivity contribution in [3.05, 3.63) is 29.8 Å². The summed E-state index contributed by atoms with van der Waals surface area (Å²) in [5.41, 5.74) is 2.35. The van der Waals surface area contributed by atoms with Crippen LogP contribution in [0, 0.1) is 0 Å². The van der Waals surface area contributed by atoms with Gasteiger partial charge in [0.2, 0.25) is 0 Å². The quantitative estimate of drug-likeness (QED) is 0.752. The van der Waals surface area contributed by atoms with Gasteiger partial charge in [0, 0.05) is 12.2 Å². The fraction of sp³-hybridized carbons (Fsp3) is 0.417. The SMILES string of the molecule is CCc1ccc(NCCC(=O)OC)cc1. The summed E-state index contributed by atoms with van der Waals surface area (Å²) in [7, 11) is 1.40. The Kier molecular flexibility index (Phi) is 4.68. The largest absolute Gasteiger partial charge is 0.469 e. The zero-order valence-electron chi connectivity index (χ0n) is 9.25. The third kappa shape index (κ3) is 4.02. The number of hydrogen-bond acceptors (Lipinski definition) is 3. The highest BCUT2D eigenvalue weighted by Gasteiger charge is 1.98. The Morgan fingerprint density at radius 2 is 2.00 bits per heavy atom. The van der Waals surface area contributed by atoms with Gasteiger partial charge in [0.05, 0.1) is 13.5 Å². The Morgan fingerprint density at radius 3 is 2.53 bits per heavy atom. The van der Waals surface area contributed by atoms with Crippen LogP contribution in [0.5, 0.6) is 0 Å². The summed E-state index contributed by atoms with van der Waals surface area (Å²) in [5.74, 6) is -0.187. The molecular formula is C12H17NO2. The first kappa shape index (κ1) is 11.6. The minimum Gasteiger partial charge on any atom is -0.469 e. The Morgan fingerprint density at radius 1 is 1.33 bits per heavy atom. The van der Waals surface area contributed by atoms with E-state index in [0.717, 1.165) is 12.1 Å². The standard InChI is InChI=1S/C12H17NO2/c1-3-10-4-6-11(7-5-10)13-9-8-12(14)15-2/h4-7,13H,3,8-9H2,1-2H3. The fourth-order valence-electron chi connectivity index (χ4n) is 1.27. The van der Waals surface area contributed by atoms with E-state index in [-0.39, 0.29) is 5.97 Å². The summed E-state index contributed by atoms with van der Waals surface area (Å²) in [6.07, 6.45) is 1.44. The first-order valence-electron chi connectivity index (χ1n) is 5.16. The van der Waals surface area contributed by atoms with E-state index in [1.54, 1.807) is 0 Å². The van der Waals surface area contributed by atoms with Gasteiger partial charge >= 0.3 is 5.97 Å². The summed E-state index contributed by atoms with van der Waals surface area (Å²) in [6.45, 7) is 2.73. The first-order chi connectivity index (χ1) is 7.26. The summed E-state index contributed by atoms with van der Waals surface area (Å²) in [6, 6.07) is 8.22. The lowest BCUT2D eigenvalue weighted by Crippen LogP contribution is -2.09. The van der Waals surface area contributed by atoms with Gasteiger partial charge in [-0.3, -0.25) is 4.79 Å². The molecule has 1 aromatic carbocycles. The smallest absolute Gasteiger partial charge is 0.307 e.